The van der Waals surface area contributed by atoms with E-state index in [9.17, 15) is 4.79 Å². The van der Waals surface area contributed by atoms with Gasteiger partial charge in [-0.2, -0.15) is 0 Å². The zero-order chi connectivity index (χ0) is 22.9. The Hall–Kier alpha value is -3.81. The summed E-state index contributed by atoms with van der Waals surface area (Å²) < 4.78 is 0. The molecule has 4 aromatic rings. The summed E-state index contributed by atoms with van der Waals surface area (Å²) in [7, 11) is 0. The second kappa shape index (κ2) is 8.85. The summed E-state index contributed by atoms with van der Waals surface area (Å²) in [6, 6.07) is 15.0. The molecule has 7 nitrogen and oxygen atoms in total. The van der Waals surface area contributed by atoms with Crippen molar-refractivity contribution in [3.05, 3.63) is 120 Å². The molecule has 2 fully saturated rings. The van der Waals surface area contributed by atoms with E-state index >= 15 is 0 Å². The molecule has 0 radical (unpaired) electrons. The van der Waals surface area contributed by atoms with Crippen LogP contribution in [0.5, 0.6) is 0 Å². The Bertz CT molecular complexity index is 1070. The average molecular weight is 449 g/mol. The van der Waals surface area contributed by atoms with Crippen LogP contribution in [0, 0.1) is 11.8 Å². The molecule has 4 atom stereocenters. The Balaban J connectivity index is 1.52. The van der Waals surface area contributed by atoms with Crippen LogP contribution in [-0.2, 0) is 4.79 Å². The van der Waals surface area contributed by atoms with Crippen molar-refractivity contribution >= 4 is 5.78 Å². The summed E-state index contributed by atoms with van der Waals surface area (Å²) in [6.45, 7) is 0. The van der Waals surface area contributed by atoms with E-state index in [1.807, 2.05) is 73.3 Å². The van der Waals surface area contributed by atoms with Gasteiger partial charge < -0.3 is 10.6 Å². The molecule has 7 heteroatoms. The van der Waals surface area contributed by atoms with Crippen LogP contribution in [0.3, 0.4) is 0 Å². The van der Waals surface area contributed by atoms with Gasteiger partial charge in [0.1, 0.15) is 5.78 Å². The number of carbonyl (C=O) groups is 1. The summed E-state index contributed by atoms with van der Waals surface area (Å²) in [5.74, 6) is -0.415. The van der Waals surface area contributed by atoms with Gasteiger partial charge in [0.05, 0.1) is 11.8 Å². The number of rotatable bonds is 4. The highest BCUT2D eigenvalue weighted by atomic mass is 16.1. The van der Waals surface area contributed by atoms with Crippen LogP contribution in [0.4, 0.5) is 0 Å². The van der Waals surface area contributed by atoms with Crippen molar-refractivity contribution in [2.75, 3.05) is 0 Å². The Kier molecular flexibility index (Phi) is 5.41. The number of carbonyl (C=O) groups excluding carboxylic acids is 1. The maximum atomic E-state index is 14.4. The van der Waals surface area contributed by atoms with Crippen molar-refractivity contribution in [2.24, 2.45) is 11.8 Å². The van der Waals surface area contributed by atoms with E-state index in [1.54, 1.807) is 24.8 Å². The maximum absolute atomic E-state index is 14.4. The summed E-state index contributed by atoms with van der Waals surface area (Å²) in [6.07, 6.45) is 14.4. The zero-order valence-corrected chi connectivity index (χ0v) is 18.4. The molecule has 0 aliphatic carbocycles. The summed E-state index contributed by atoms with van der Waals surface area (Å²) in [5, 5.41) is 7.67. The van der Waals surface area contributed by atoms with Crippen LogP contribution in [0.1, 0.15) is 46.4 Å². The number of Topliss-reactive ketones (excluding diaryl/α,β-unsaturated/α-hetero) is 1. The lowest BCUT2D eigenvalue weighted by Crippen LogP contribution is -2.60. The molecule has 0 spiro atoms. The molecule has 2 aliphatic heterocycles. The van der Waals surface area contributed by atoms with Crippen molar-refractivity contribution in [3.8, 4) is 0 Å². The average Bonchev–Trinajstić information content (AvgIpc) is 2.91. The number of hydrogen-bond donors (Lipinski definition) is 2. The van der Waals surface area contributed by atoms with E-state index in [0.29, 0.717) is 0 Å². The molecule has 2 N–H and O–H groups in total. The molecular formula is C27H24N6O. The molecular weight excluding hydrogens is 424 g/mol. The van der Waals surface area contributed by atoms with Gasteiger partial charge in [-0.1, -0.05) is 24.3 Å². The van der Waals surface area contributed by atoms with E-state index < -0.39 is 0 Å². The molecule has 0 aromatic carbocycles. The fourth-order valence-electron chi connectivity index (χ4n) is 5.52. The van der Waals surface area contributed by atoms with Gasteiger partial charge in [0.25, 0.3) is 0 Å². The summed E-state index contributed by atoms with van der Waals surface area (Å²) >= 11 is 0. The Morgan fingerprint density at radius 2 is 0.794 bits per heavy atom. The van der Waals surface area contributed by atoms with E-state index in [1.165, 1.54) is 0 Å². The van der Waals surface area contributed by atoms with E-state index in [2.05, 4.69) is 30.6 Å². The van der Waals surface area contributed by atoms with E-state index in [4.69, 9.17) is 0 Å². The fourth-order valence-corrected chi connectivity index (χ4v) is 5.52. The molecule has 6 heterocycles. The number of hydrogen-bond acceptors (Lipinski definition) is 7. The molecule has 6 rings (SSSR count). The lowest BCUT2D eigenvalue weighted by Gasteiger charge is -2.52. The number of nitrogens with one attached hydrogen (secondary N) is 2. The van der Waals surface area contributed by atoms with Crippen LogP contribution in [0.25, 0.3) is 0 Å². The van der Waals surface area contributed by atoms with E-state index in [-0.39, 0.29) is 41.8 Å². The van der Waals surface area contributed by atoms with Crippen molar-refractivity contribution in [2.45, 2.75) is 24.2 Å². The van der Waals surface area contributed by atoms with E-state index in [0.717, 1.165) is 22.3 Å². The fraction of sp³-hybridized carbons (Fsp3) is 0.222. The highest BCUT2D eigenvalue weighted by Gasteiger charge is 2.55. The highest BCUT2D eigenvalue weighted by molar-refractivity contribution is 5.89. The molecule has 2 bridgehead atoms. The molecule has 2 saturated heterocycles. The predicted octanol–water partition coefficient (Wildman–Crippen LogP) is 3.54. The monoisotopic (exact) mass is 448 g/mol. The standard InChI is InChI=1S/C27H24N6O/c34-27-21-23(17-5-1-9-28-13-17)32-25(19-7-3-11-30-15-19)22(27)26(20-8-4-12-31-16-20)33-24(21)18-6-2-10-29-14-18/h1-16,21-26,32-33H/t21?,22?,23-,24-,25+,26+. The highest BCUT2D eigenvalue weighted by Crippen LogP contribution is 2.51. The summed E-state index contributed by atoms with van der Waals surface area (Å²) in [5.41, 5.74) is 3.96. The molecule has 34 heavy (non-hydrogen) atoms. The normalized spacial score (nSPS) is 28.4. The minimum absolute atomic E-state index is 0.213. The first-order valence-electron chi connectivity index (χ1n) is 11.5. The van der Waals surface area contributed by atoms with Gasteiger partial charge in [0.2, 0.25) is 0 Å². The Labute approximate surface area is 197 Å². The first kappa shape index (κ1) is 20.8. The largest absolute Gasteiger partial charge is 0.301 e. The first-order valence-corrected chi connectivity index (χ1v) is 11.5. The second-order valence-electron chi connectivity index (χ2n) is 8.84. The number of ketones is 1. The van der Waals surface area contributed by atoms with Gasteiger partial charge in [-0.3, -0.25) is 24.7 Å². The third kappa shape index (κ3) is 3.59. The molecule has 0 saturated carbocycles. The number of fused-ring (bicyclic) bond motifs is 2. The number of aromatic nitrogens is 4. The van der Waals surface area contributed by atoms with Crippen LogP contribution in [0.2, 0.25) is 0 Å². The quantitative estimate of drug-likeness (QED) is 0.493. The van der Waals surface area contributed by atoms with Crippen LogP contribution >= 0.6 is 0 Å². The van der Waals surface area contributed by atoms with Gasteiger partial charge >= 0.3 is 0 Å². The third-order valence-electron chi connectivity index (χ3n) is 6.99. The minimum Gasteiger partial charge on any atom is -0.301 e. The predicted molar refractivity (Wildman–Crippen MR) is 126 cm³/mol. The topological polar surface area (TPSA) is 92.7 Å². The smallest absolute Gasteiger partial charge is 0.146 e. The Morgan fingerprint density at radius 3 is 1.03 bits per heavy atom. The van der Waals surface area contributed by atoms with Gasteiger partial charge in [0.15, 0.2) is 0 Å². The third-order valence-corrected chi connectivity index (χ3v) is 6.99. The minimum atomic E-state index is -0.320. The van der Waals surface area contributed by atoms with Gasteiger partial charge in [-0.15, -0.1) is 0 Å². The van der Waals surface area contributed by atoms with Crippen molar-refractivity contribution < 1.29 is 4.79 Å². The SMILES string of the molecule is O=C1C2[C@@H](c3cccnc3)N[C@@H](c3cccnc3)C1[C@H](c1cccnc1)N[C@@H]2c1cccnc1. The van der Waals surface area contributed by atoms with Crippen LogP contribution in [-0.4, -0.2) is 25.7 Å². The molecule has 168 valence electrons. The zero-order valence-electron chi connectivity index (χ0n) is 18.4. The molecule has 2 aliphatic rings. The first-order chi connectivity index (χ1) is 16.8. The molecule has 4 aromatic heterocycles. The van der Waals surface area contributed by atoms with Crippen LogP contribution < -0.4 is 10.6 Å². The Morgan fingerprint density at radius 1 is 0.500 bits per heavy atom. The van der Waals surface area contributed by atoms with Crippen LogP contribution in [0.15, 0.2) is 98.1 Å². The number of pyridine rings is 4. The number of piperidine rings is 2. The van der Waals surface area contributed by atoms with Crippen molar-refractivity contribution in [1.82, 2.24) is 30.6 Å². The van der Waals surface area contributed by atoms with Gasteiger partial charge in [0, 0.05) is 73.7 Å². The number of nitrogens with zero attached hydrogens (tertiary/aromatic N) is 4. The van der Waals surface area contributed by atoms with Gasteiger partial charge in [-0.05, 0) is 46.5 Å². The molecule has 0 unspecified atom stereocenters. The maximum Gasteiger partial charge on any atom is 0.146 e. The van der Waals surface area contributed by atoms with Gasteiger partial charge in [-0.25, -0.2) is 0 Å². The lowest BCUT2D eigenvalue weighted by atomic mass is 9.64. The second-order valence-corrected chi connectivity index (χ2v) is 8.84. The van der Waals surface area contributed by atoms with Crippen molar-refractivity contribution in [1.29, 1.82) is 0 Å². The molecule has 0 amide bonds. The summed E-state index contributed by atoms with van der Waals surface area (Å²) in [4.78, 5) is 31.8. The lowest BCUT2D eigenvalue weighted by molar-refractivity contribution is -0.139. The van der Waals surface area contributed by atoms with Crippen molar-refractivity contribution in [3.63, 3.8) is 0 Å².